The van der Waals surface area contributed by atoms with Gasteiger partial charge in [0, 0.05) is 6.20 Å². The number of hydrogen-bond acceptors (Lipinski definition) is 3. The fourth-order valence-electron chi connectivity index (χ4n) is 2.49. The lowest BCUT2D eigenvalue weighted by atomic mass is 10.2. The van der Waals surface area contributed by atoms with Gasteiger partial charge in [-0.05, 0) is 38.1 Å². The SMILES string of the molecule is CCN1CCCC1c1nc2ccccn2n1. The molecule has 1 unspecified atom stereocenters. The largest absolute Gasteiger partial charge is 0.294 e. The van der Waals surface area contributed by atoms with E-state index in [1.54, 1.807) is 0 Å². The molecule has 0 bridgehead atoms. The number of rotatable bonds is 2. The summed E-state index contributed by atoms with van der Waals surface area (Å²) in [7, 11) is 0. The maximum absolute atomic E-state index is 4.60. The molecule has 1 saturated heterocycles. The van der Waals surface area contributed by atoms with E-state index < -0.39 is 0 Å². The summed E-state index contributed by atoms with van der Waals surface area (Å²) in [4.78, 5) is 7.06. The molecule has 0 radical (unpaired) electrons. The van der Waals surface area contributed by atoms with E-state index in [-0.39, 0.29) is 0 Å². The molecule has 0 aromatic carbocycles. The second-order valence-electron chi connectivity index (χ2n) is 4.26. The Morgan fingerprint density at radius 1 is 1.44 bits per heavy atom. The highest BCUT2D eigenvalue weighted by molar-refractivity contribution is 5.36. The fourth-order valence-corrected chi connectivity index (χ4v) is 2.49. The predicted molar refractivity (Wildman–Crippen MR) is 62.2 cm³/mol. The minimum absolute atomic E-state index is 0.421. The normalized spacial score (nSPS) is 21.9. The van der Waals surface area contributed by atoms with Crippen molar-refractivity contribution in [3.05, 3.63) is 30.2 Å². The second kappa shape index (κ2) is 3.87. The van der Waals surface area contributed by atoms with Crippen molar-refractivity contribution < 1.29 is 0 Å². The zero-order valence-electron chi connectivity index (χ0n) is 9.50. The van der Waals surface area contributed by atoms with E-state index in [4.69, 9.17) is 0 Å². The molecule has 2 aromatic rings. The summed E-state index contributed by atoms with van der Waals surface area (Å²) >= 11 is 0. The van der Waals surface area contributed by atoms with E-state index in [2.05, 4.69) is 21.9 Å². The average molecular weight is 216 g/mol. The first kappa shape index (κ1) is 9.78. The molecule has 16 heavy (non-hydrogen) atoms. The highest BCUT2D eigenvalue weighted by atomic mass is 15.3. The van der Waals surface area contributed by atoms with Crippen LogP contribution in [-0.4, -0.2) is 32.6 Å². The zero-order chi connectivity index (χ0) is 11.0. The molecule has 0 aliphatic carbocycles. The molecule has 0 saturated carbocycles. The van der Waals surface area contributed by atoms with Crippen LogP contribution in [0.15, 0.2) is 24.4 Å². The van der Waals surface area contributed by atoms with Crippen LogP contribution in [0.4, 0.5) is 0 Å². The summed E-state index contributed by atoms with van der Waals surface area (Å²) in [6.07, 6.45) is 4.40. The topological polar surface area (TPSA) is 33.4 Å². The van der Waals surface area contributed by atoms with Crippen molar-refractivity contribution in [2.24, 2.45) is 0 Å². The highest BCUT2D eigenvalue weighted by Gasteiger charge is 2.27. The van der Waals surface area contributed by atoms with Crippen LogP contribution in [0, 0.1) is 0 Å². The highest BCUT2D eigenvalue weighted by Crippen LogP contribution is 2.29. The van der Waals surface area contributed by atoms with E-state index >= 15 is 0 Å². The molecule has 2 aromatic heterocycles. The molecule has 1 aliphatic rings. The first-order valence-corrected chi connectivity index (χ1v) is 5.94. The molecule has 1 fully saturated rings. The van der Waals surface area contributed by atoms with Crippen LogP contribution in [0.25, 0.3) is 5.65 Å². The Hall–Kier alpha value is -1.42. The molecule has 3 rings (SSSR count). The Morgan fingerprint density at radius 3 is 3.19 bits per heavy atom. The van der Waals surface area contributed by atoms with Gasteiger partial charge in [-0.2, -0.15) is 0 Å². The van der Waals surface area contributed by atoms with E-state index in [0.29, 0.717) is 6.04 Å². The maximum Gasteiger partial charge on any atom is 0.168 e. The van der Waals surface area contributed by atoms with Crippen molar-refractivity contribution in [1.82, 2.24) is 19.5 Å². The summed E-state index contributed by atoms with van der Waals surface area (Å²) in [5.74, 6) is 0.977. The lowest BCUT2D eigenvalue weighted by Crippen LogP contribution is -2.23. The van der Waals surface area contributed by atoms with E-state index in [1.165, 1.54) is 19.4 Å². The molecule has 84 valence electrons. The standard InChI is InChI=1S/C12H16N4/c1-2-15-8-5-6-10(15)12-13-11-7-3-4-9-16(11)14-12/h3-4,7,9-10H,2,5-6,8H2,1H3. The number of nitrogens with zero attached hydrogens (tertiary/aromatic N) is 4. The number of hydrogen-bond donors (Lipinski definition) is 0. The van der Waals surface area contributed by atoms with Gasteiger partial charge in [0.05, 0.1) is 6.04 Å². The fraction of sp³-hybridized carbons (Fsp3) is 0.500. The van der Waals surface area contributed by atoms with Gasteiger partial charge in [0.25, 0.3) is 0 Å². The second-order valence-corrected chi connectivity index (χ2v) is 4.26. The van der Waals surface area contributed by atoms with Gasteiger partial charge in [-0.1, -0.05) is 13.0 Å². The van der Waals surface area contributed by atoms with Crippen molar-refractivity contribution in [2.45, 2.75) is 25.8 Å². The third kappa shape index (κ3) is 1.50. The van der Waals surface area contributed by atoms with Crippen LogP contribution in [0.3, 0.4) is 0 Å². The van der Waals surface area contributed by atoms with Gasteiger partial charge in [0.2, 0.25) is 0 Å². The van der Waals surface area contributed by atoms with Crippen molar-refractivity contribution in [1.29, 1.82) is 0 Å². The van der Waals surface area contributed by atoms with Gasteiger partial charge >= 0.3 is 0 Å². The van der Waals surface area contributed by atoms with Gasteiger partial charge in [0.1, 0.15) is 0 Å². The molecule has 1 aliphatic heterocycles. The Morgan fingerprint density at radius 2 is 2.38 bits per heavy atom. The third-order valence-corrected chi connectivity index (χ3v) is 3.33. The minimum atomic E-state index is 0.421. The summed E-state index contributed by atoms with van der Waals surface area (Å²) in [6.45, 7) is 4.46. The van der Waals surface area contributed by atoms with Crippen molar-refractivity contribution in [3.8, 4) is 0 Å². The molecule has 4 nitrogen and oxygen atoms in total. The lowest BCUT2D eigenvalue weighted by molar-refractivity contribution is 0.262. The minimum Gasteiger partial charge on any atom is -0.294 e. The Balaban J connectivity index is 1.99. The van der Waals surface area contributed by atoms with Crippen molar-refractivity contribution >= 4 is 5.65 Å². The first-order valence-electron chi connectivity index (χ1n) is 5.94. The van der Waals surface area contributed by atoms with Gasteiger partial charge in [-0.25, -0.2) is 9.50 Å². The van der Waals surface area contributed by atoms with Gasteiger partial charge < -0.3 is 0 Å². The van der Waals surface area contributed by atoms with Crippen LogP contribution in [0.2, 0.25) is 0 Å². The number of pyridine rings is 1. The van der Waals surface area contributed by atoms with Crippen LogP contribution in [-0.2, 0) is 0 Å². The van der Waals surface area contributed by atoms with Gasteiger partial charge in [0.15, 0.2) is 11.5 Å². The van der Waals surface area contributed by atoms with Crippen LogP contribution in [0.1, 0.15) is 31.6 Å². The van der Waals surface area contributed by atoms with E-state index in [0.717, 1.165) is 18.0 Å². The molecule has 0 amide bonds. The zero-order valence-corrected chi connectivity index (χ0v) is 9.50. The monoisotopic (exact) mass is 216 g/mol. The summed E-state index contributed by atoms with van der Waals surface area (Å²) < 4.78 is 1.86. The quantitative estimate of drug-likeness (QED) is 0.768. The maximum atomic E-state index is 4.60. The summed E-state index contributed by atoms with van der Waals surface area (Å²) in [6, 6.07) is 6.41. The lowest BCUT2D eigenvalue weighted by Gasteiger charge is -2.19. The van der Waals surface area contributed by atoms with Crippen LogP contribution in [0.5, 0.6) is 0 Å². The van der Waals surface area contributed by atoms with Crippen molar-refractivity contribution in [3.63, 3.8) is 0 Å². The number of aromatic nitrogens is 3. The summed E-state index contributed by atoms with van der Waals surface area (Å²) in [5.41, 5.74) is 0.945. The molecule has 0 N–H and O–H groups in total. The molecular weight excluding hydrogens is 200 g/mol. The van der Waals surface area contributed by atoms with Crippen LogP contribution < -0.4 is 0 Å². The smallest absolute Gasteiger partial charge is 0.168 e. The molecular formula is C12H16N4. The summed E-state index contributed by atoms with van der Waals surface area (Å²) in [5, 5.41) is 4.56. The van der Waals surface area contributed by atoms with Crippen molar-refractivity contribution in [2.75, 3.05) is 13.1 Å². The van der Waals surface area contributed by atoms with E-state index in [1.807, 2.05) is 28.9 Å². The van der Waals surface area contributed by atoms with Gasteiger partial charge in [-0.3, -0.25) is 4.90 Å². The average Bonchev–Trinajstić information content (AvgIpc) is 2.94. The molecule has 4 heteroatoms. The molecule has 3 heterocycles. The number of likely N-dealkylation sites (tertiary alicyclic amines) is 1. The third-order valence-electron chi connectivity index (χ3n) is 3.33. The first-order chi connectivity index (χ1) is 7.88. The van der Waals surface area contributed by atoms with E-state index in [9.17, 15) is 0 Å². The van der Waals surface area contributed by atoms with Gasteiger partial charge in [-0.15, -0.1) is 5.10 Å². The predicted octanol–water partition coefficient (Wildman–Crippen LogP) is 1.89. The molecule has 0 spiro atoms. The van der Waals surface area contributed by atoms with Crippen LogP contribution >= 0.6 is 0 Å². The Kier molecular flexibility index (Phi) is 2.36. The number of fused-ring (bicyclic) bond motifs is 1. The Bertz CT molecular complexity index is 457. The Labute approximate surface area is 94.9 Å². The molecule has 1 atom stereocenters.